The molecule has 1 N–H and O–H groups in total. The molecule has 3 amide bonds. The number of aliphatic hydroxyl groups excluding tert-OH is 1. The molecule has 0 radical (unpaired) electrons. The van der Waals surface area contributed by atoms with E-state index in [1.807, 2.05) is 74.5 Å². The summed E-state index contributed by atoms with van der Waals surface area (Å²) < 4.78 is -0.748. The number of carbonyl (C=O) groups excluding carboxylic acids is 3. The van der Waals surface area contributed by atoms with Gasteiger partial charge in [0.15, 0.2) is 0 Å². The molecule has 6 atom stereocenters. The first-order valence-corrected chi connectivity index (χ1v) is 15.7. The largest absolute Gasteiger partial charge is 0.394 e. The van der Waals surface area contributed by atoms with Crippen LogP contribution in [0.15, 0.2) is 86.0 Å². The summed E-state index contributed by atoms with van der Waals surface area (Å²) in [5.74, 6) is -1.65. The van der Waals surface area contributed by atoms with Gasteiger partial charge in [-0.25, -0.2) is 0 Å². The quantitative estimate of drug-likeness (QED) is 0.371. The lowest BCUT2D eigenvalue weighted by molar-refractivity contribution is -0.147. The van der Waals surface area contributed by atoms with E-state index in [4.69, 9.17) is 0 Å². The molecular formula is C34H41N3O4S. The number of nitrogens with zero attached hydrogens (tertiary/aromatic N) is 3. The molecule has 2 bridgehead atoms. The van der Waals surface area contributed by atoms with Gasteiger partial charge in [-0.3, -0.25) is 14.4 Å². The molecule has 7 nitrogen and oxygen atoms in total. The minimum Gasteiger partial charge on any atom is -0.394 e. The van der Waals surface area contributed by atoms with Gasteiger partial charge in [-0.15, -0.1) is 24.9 Å². The Morgan fingerprint density at radius 3 is 2.29 bits per heavy atom. The van der Waals surface area contributed by atoms with Gasteiger partial charge >= 0.3 is 0 Å². The fraction of sp³-hybridized carbons (Fsp3) is 0.441. The predicted molar refractivity (Wildman–Crippen MR) is 166 cm³/mol. The lowest BCUT2D eigenvalue weighted by Gasteiger charge is -2.40. The van der Waals surface area contributed by atoms with Crippen LogP contribution in [0.2, 0.25) is 0 Å². The molecule has 5 rings (SSSR count). The highest BCUT2D eigenvalue weighted by atomic mass is 32.2. The first-order chi connectivity index (χ1) is 20.3. The van der Waals surface area contributed by atoms with Gasteiger partial charge in [-0.1, -0.05) is 72.8 Å². The Hall–Kier alpha value is -3.36. The number of amides is 3. The second-order valence-corrected chi connectivity index (χ2v) is 13.4. The molecule has 3 aliphatic heterocycles. The number of hydrogen-bond donors (Lipinski definition) is 1. The number of likely N-dealkylation sites (tertiary alicyclic amines) is 1. The summed E-state index contributed by atoms with van der Waals surface area (Å²) in [5.41, 5.74) is 1.77. The van der Waals surface area contributed by atoms with Crippen molar-refractivity contribution in [3.05, 3.63) is 97.1 Å². The number of fused-ring (bicyclic) bond motifs is 1. The van der Waals surface area contributed by atoms with Gasteiger partial charge in [0, 0.05) is 30.9 Å². The van der Waals surface area contributed by atoms with Gasteiger partial charge in [0.1, 0.15) is 6.04 Å². The van der Waals surface area contributed by atoms with E-state index in [9.17, 15) is 19.5 Å². The molecule has 42 heavy (non-hydrogen) atoms. The third-order valence-electron chi connectivity index (χ3n) is 9.06. The summed E-state index contributed by atoms with van der Waals surface area (Å²) in [6.45, 7) is 12.5. The van der Waals surface area contributed by atoms with Crippen LogP contribution in [-0.4, -0.2) is 79.3 Å². The maximum atomic E-state index is 14.7. The van der Waals surface area contributed by atoms with Crippen LogP contribution in [0.3, 0.4) is 0 Å². The van der Waals surface area contributed by atoms with Crippen molar-refractivity contribution in [2.75, 3.05) is 19.7 Å². The van der Waals surface area contributed by atoms with Gasteiger partial charge < -0.3 is 19.8 Å². The van der Waals surface area contributed by atoms with Crippen LogP contribution in [0.5, 0.6) is 0 Å². The van der Waals surface area contributed by atoms with Gasteiger partial charge in [0.25, 0.3) is 0 Å². The molecule has 2 aromatic carbocycles. The number of aliphatic hydroxyl groups is 1. The highest BCUT2D eigenvalue weighted by Gasteiger charge is 2.74. The maximum Gasteiger partial charge on any atom is 0.247 e. The van der Waals surface area contributed by atoms with Crippen molar-refractivity contribution in [1.82, 2.24) is 14.7 Å². The minimum absolute atomic E-state index is 0.0526. The van der Waals surface area contributed by atoms with Crippen molar-refractivity contribution in [1.29, 1.82) is 0 Å². The summed E-state index contributed by atoms with van der Waals surface area (Å²) >= 11 is 1.65. The molecule has 2 aromatic rings. The number of benzene rings is 2. The zero-order valence-corrected chi connectivity index (χ0v) is 25.3. The Morgan fingerprint density at radius 1 is 1.05 bits per heavy atom. The Kier molecular flexibility index (Phi) is 8.94. The molecular weight excluding hydrogens is 546 g/mol. The van der Waals surface area contributed by atoms with Crippen LogP contribution in [0.4, 0.5) is 0 Å². The van der Waals surface area contributed by atoms with Crippen LogP contribution < -0.4 is 0 Å². The molecule has 3 fully saturated rings. The van der Waals surface area contributed by atoms with E-state index in [1.165, 1.54) is 0 Å². The van der Waals surface area contributed by atoms with E-state index in [0.717, 1.165) is 17.5 Å². The Balaban J connectivity index is 1.58. The van der Waals surface area contributed by atoms with Crippen molar-refractivity contribution in [2.45, 2.75) is 61.4 Å². The molecule has 0 aliphatic carbocycles. The average Bonchev–Trinajstić information content (AvgIpc) is 3.64. The monoisotopic (exact) mass is 587 g/mol. The second kappa shape index (κ2) is 12.5. The van der Waals surface area contributed by atoms with Gasteiger partial charge in [0.05, 0.1) is 29.2 Å². The molecule has 0 aromatic heterocycles. The molecule has 222 valence electrons. The third-order valence-corrected chi connectivity index (χ3v) is 11.0. The predicted octanol–water partition coefficient (Wildman–Crippen LogP) is 4.45. The number of rotatable bonds is 12. The van der Waals surface area contributed by atoms with Crippen molar-refractivity contribution < 1.29 is 19.5 Å². The normalized spacial score (nSPS) is 26.7. The summed E-state index contributed by atoms with van der Waals surface area (Å²) in [5, 5.41) is 10.7. The first-order valence-electron chi connectivity index (χ1n) is 14.8. The van der Waals surface area contributed by atoms with Gasteiger partial charge in [-0.2, -0.15) is 0 Å². The highest BCUT2D eigenvalue weighted by Crippen LogP contribution is 2.67. The van der Waals surface area contributed by atoms with Crippen LogP contribution in [0.25, 0.3) is 0 Å². The summed E-state index contributed by atoms with van der Waals surface area (Å²) in [6, 6.07) is 17.6. The van der Waals surface area contributed by atoms with Crippen LogP contribution in [0.1, 0.15) is 43.9 Å². The average molecular weight is 588 g/mol. The second-order valence-electron chi connectivity index (χ2n) is 11.8. The summed E-state index contributed by atoms with van der Waals surface area (Å²) in [4.78, 5) is 48.8. The SMILES string of the molecule is C=CCN(Cc1ccccc1)C(=O)[C@@H]1[C@@H]2CCC3(S2)C(C(=O)N(CC=C)C(C)C)N([C@H](CO)c2ccccc2)C(=O)[C@H]13. The molecule has 0 saturated carbocycles. The molecule has 3 heterocycles. The van der Waals surface area contributed by atoms with E-state index < -0.39 is 28.7 Å². The van der Waals surface area contributed by atoms with E-state index in [0.29, 0.717) is 26.1 Å². The van der Waals surface area contributed by atoms with E-state index >= 15 is 0 Å². The minimum atomic E-state index is -0.801. The van der Waals surface area contributed by atoms with Crippen molar-refractivity contribution in [3.63, 3.8) is 0 Å². The fourth-order valence-electron chi connectivity index (χ4n) is 7.27. The first kappa shape index (κ1) is 30.1. The molecule has 2 unspecified atom stereocenters. The van der Waals surface area contributed by atoms with Crippen molar-refractivity contribution >= 4 is 29.5 Å². The summed E-state index contributed by atoms with van der Waals surface area (Å²) in [6.07, 6.45) is 4.85. The Bertz CT molecular complexity index is 1320. The topological polar surface area (TPSA) is 81.2 Å². The van der Waals surface area contributed by atoms with Crippen molar-refractivity contribution in [2.24, 2.45) is 11.8 Å². The number of thioether (sulfide) groups is 1. The summed E-state index contributed by atoms with van der Waals surface area (Å²) in [7, 11) is 0. The smallest absolute Gasteiger partial charge is 0.247 e. The van der Waals surface area contributed by atoms with E-state index in [-0.39, 0.29) is 35.6 Å². The molecule has 1 spiro atoms. The Morgan fingerprint density at radius 2 is 1.69 bits per heavy atom. The fourth-order valence-corrected chi connectivity index (χ4v) is 9.46. The maximum absolute atomic E-state index is 14.7. The van der Waals surface area contributed by atoms with E-state index in [1.54, 1.807) is 38.6 Å². The van der Waals surface area contributed by atoms with E-state index in [2.05, 4.69) is 13.2 Å². The van der Waals surface area contributed by atoms with Gasteiger partial charge in [0.2, 0.25) is 17.7 Å². The molecule has 8 heteroatoms. The Labute approximate surface area is 253 Å². The number of carbonyl (C=O) groups is 3. The standard InChI is InChI=1S/C34H41N3O4S/c1-5-19-35(21-24-13-9-7-10-14-24)31(39)28-27-17-18-34(42-27)29(28)32(40)37(26(22-38)25-15-11-8-12-16-25)30(34)33(41)36(20-6-2)23(3)4/h5-16,23,26-30,38H,1-2,17-22H2,3-4H3/t26-,27+,28-,29+,30?,34?/m1/s1. The molecule has 3 saturated heterocycles. The molecule has 3 aliphatic rings. The lowest BCUT2D eigenvalue weighted by atomic mass is 9.70. The van der Waals surface area contributed by atoms with Crippen LogP contribution in [-0.2, 0) is 20.9 Å². The van der Waals surface area contributed by atoms with Crippen LogP contribution in [0, 0.1) is 11.8 Å². The zero-order chi connectivity index (χ0) is 30.0. The van der Waals surface area contributed by atoms with Gasteiger partial charge in [-0.05, 0) is 37.8 Å². The third kappa shape index (κ3) is 5.09. The zero-order valence-electron chi connectivity index (χ0n) is 24.5. The highest BCUT2D eigenvalue weighted by molar-refractivity contribution is 8.02. The van der Waals surface area contributed by atoms with Crippen LogP contribution >= 0.6 is 11.8 Å². The van der Waals surface area contributed by atoms with Crippen molar-refractivity contribution in [3.8, 4) is 0 Å². The lowest BCUT2D eigenvalue weighted by Crippen LogP contribution is -2.57. The number of hydrogen-bond acceptors (Lipinski definition) is 5.